The van der Waals surface area contributed by atoms with Crippen molar-refractivity contribution in [3.05, 3.63) is 57.8 Å². The van der Waals surface area contributed by atoms with Crippen LogP contribution in [0.3, 0.4) is 0 Å². The second kappa shape index (κ2) is 5.98. The lowest BCUT2D eigenvalue weighted by Gasteiger charge is -2.10. The fourth-order valence-electron chi connectivity index (χ4n) is 1.56. The number of ether oxygens (including phenoxy) is 1. The van der Waals surface area contributed by atoms with Crippen LogP contribution in [-0.4, -0.2) is 10.1 Å². The molecule has 0 aliphatic rings. The first-order chi connectivity index (χ1) is 8.69. The van der Waals surface area contributed by atoms with Crippen molar-refractivity contribution in [1.82, 2.24) is 4.98 Å². The quantitative estimate of drug-likeness (QED) is 0.943. The third-order valence-corrected chi connectivity index (χ3v) is 3.09. The van der Waals surface area contributed by atoms with E-state index in [0.717, 1.165) is 15.7 Å². The third-order valence-electron chi connectivity index (χ3n) is 2.56. The number of hydrogen-bond acceptors (Lipinski definition) is 3. The van der Waals surface area contributed by atoms with Crippen molar-refractivity contribution in [3.8, 4) is 5.75 Å². The van der Waals surface area contributed by atoms with Crippen LogP contribution in [0.5, 0.6) is 5.75 Å². The molecule has 0 radical (unpaired) electrons. The van der Waals surface area contributed by atoms with E-state index in [2.05, 4.69) is 20.9 Å². The first kappa shape index (κ1) is 13.1. The van der Waals surface area contributed by atoms with Crippen LogP contribution >= 0.6 is 15.9 Å². The molecule has 0 bridgehead atoms. The van der Waals surface area contributed by atoms with Gasteiger partial charge in [-0.1, -0.05) is 28.1 Å². The summed E-state index contributed by atoms with van der Waals surface area (Å²) in [5.41, 5.74) is 2.66. The Morgan fingerprint density at radius 3 is 2.67 bits per heavy atom. The first-order valence-electron chi connectivity index (χ1n) is 5.62. The second-order valence-electron chi connectivity index (χ2n) is 4.01. The van der Waals surface area contributed by atoms with Crippen molar-refractivity contribution < 1.29 is 9.84 Å². The summed E-state index contributed by atoms with van der Waals surface area (Å²) in [6, 6.07) is 9.78. The minimum absolute atomic E-state index is 0.0665. The molecular formula is C14H14BrNO2. The van der Waals surface area contributed by atoms with Crippen LogP contribution in [0.2, 0.25) is 0 Å². The maximum atomic E-state index is 9.22. The van der Waals surface area contributed by atoms with Gasteiger partial charge in [0.15, 0.2) is 0 Å². The van der Waals surface area contributed by atoms with Crippen LogP contribution < -0.4 is 4.74 Å². The summed E-state index contributed by atoms with van der Waals surface area (Å²) in [5, 5.41) is 9.22. The maximum Gasteiger partial charge on any atom is 0.128 e. The van der Waals surface area contributed by atoms with E-state index in [9.17, 15) is 5.11 Å². The van der Waals surface area contributed by atoms with E-state index in [1.165, 1.54) is 0 Å². The predicted molar refractivity (Wildman–Crippen MR) is 73.4 cm³/mol. The van der Waals surface area contributed by atoms with E-state index >= 15 is 0 Å². The number of rotatable bonds is 4. The first-order valence-corrected chi connectivity index (χ1v) is 6.42. The number of nitrogens with zero attached hydrogens (tertiary/aromatic N) is 1. The number of aromatic nitrogens is 1. The summed E-state index contributed by atoms with van der Waals surface area (Å²) in [5.74, 6) is 0.688. The van der Waals surface area contributed by atoms with E-state index in [0.29, 0.717) is 17.9 Å². The molecule has 94 valence electrons. The summed E-state index contributed by atoms with van der Waals surface area (Å²) in [6.07, 6.45) is 1.65. The molecule has 2 rings (SSSR count). The van der Waals surface area contributed by atoms with Crippen molar-refractivity contribution >= 4 is 15.9 Å². The number of benzene rings is 1. The van der Waals surface area contributed by atoms with E-state index < -0.39 is 0 Å². The Balaban J connectivity index is 2.09. The number of aliphatic hydroxyl groups excluding tert-OH is 1. The number of hydrogen-bond donors (Lipinski definition) is 1. The number of aryl methyl sites for hydroxylation is 1. The molecule has 1 aromatic carbocycles. The van der Waals surface area contributed by atoms with Gasteiger partial charge in [-0.05, 0) is 24.6 Å². The number of pyridine rings is 1. The SMILES string of the molecule is Cc1cc(OCc2ccc(Br)cc2)c(CO)cn1. The van der Waals surface area contributed by atoms with Gasteiger partial charge in [-0.2, -0.15) is 0 Å². The average Bonchev–Trinajstić information content (AvgIpc) is 2.38. The Labute approximate surface area is 115 Å². The zero-order valence-electron chi connectivity index (χ0n) is 10.1. The van der Waals surface area contributed by atoms with Crippen LogP contribution in [0.4, 0.5) is 0 Å². The lowest BCUT2D eigenvalue weighted by molar-refractivity contribution is 0.258. The Morgan fingerprint density at radius 1 is 1.28 bits per heavy atom. The van der Waals surface area contributed by atoms with Crippen LogP contribution in [0.1, 0.15) is 16.8 Å². The minimum Gasteiger partial charge on any atom is -0.488 e. The lowest BCUT2D eigenvalue weighted by Crippen LogP contribution is -2.00. The van der Waals surface area contributed by atoms with Gasteiger partial charge in [-0.3, -0.25) is 4.98 Å². The summed E-state index contributed by atoms with van der Waals surface area (Å²) in [6.45, 7) is 2.31. The number of halogens is 1. The molecule has 1 aromatic heterocycles. The Morgan fingerprint density at radius 2 is 2.00 bits per heavy atom. The van der Waals surface area contributed by atoms with Crippen LogP contribution in [0.15, 0.2) is 41.0 Å². The monoisotopic (exact) mass is 307 g/mol. The Bertz CT molecular complexity index is 526. The van der Waals surface area contributed by atoms with Gasteiger partial charge in [0.2, 0.25) is 0 Å². The zero-order valence-corrected chi connectivity index (χ0v) is 11.6. The molecule has 3 nitrogen and oxygen atoms in total. The molecule has 0 atom stereocenters. The van der Waals surface area contributed by atoms with Crippen molar-refractivity contribution in [2.45, 2.75) is 20.1 Å². The molecular weight excluding hydrogens is 294 g/mol. The molecule has 18 heavy (non-hydrogen) atoms. The largest absolute Gasteiger partial charge is 0.488 e. The fraction of sp³-hybridized carbons (Fsp3) is 0.214. The van der Waals surface area contributed by atoms with Gasteiger partial charge < -0.3 is 9.84 Å². The van der Waals surface area contributed by atoms with Crippen molar-refractivity contribution in [1.29, 1.82) is 0 Å². The number of aliphatic hydroxyl groups is 1. The van der Waals surface area contributed by atoms with Gasteiger partial charge in [0.1, 0.15) is 12.4 Å². The summed E-state index contributed by atoms with van der Waals surface area (Å²) < 4.78 is 6.76. The van der Waals surface area contributed by atoms with Crippen molar-refractivity contribution in [2.75, 3.05) is 0 Å². The molecule has 1 N–H and O–H groups in total. The highest BCUT2D eigenvalue weighted by Gasteiger charge is 2.04. The highest BCUT2D eigenvalue weighted by Crippen LogP contribution is 2.20. The van der Waals surface area contributed by atoms with Gasteiger partial charge >= 0.3 is 0 Å². The van der Waals surface area contributed by atoms with Gasteiger partial charge in [0.25, 0.3) is 0 Å². The molecule has 4 heteroatoms. The van der Waals surface area contributed by atoms with E-state index in [-0.39, 0.29) is 6.61 Å². The third kappa shape index (κ3) is 3.31. The fourth-order valence-corrected chi connectivity index (χ4v) is 1.82. The summed E-state index contributed by atoms with van der Waals surface area (Å²) in [4.78, 5) is 4.13. The second-order valence-corrected chi connectivity index (χ2v) is 4.92. The topological polar surface area (TPSA) is 42.4 Å². The maximum absolute atomic E-state index is 9.22. The molecule has 0 aliphatic carbocycles. The van der Waals surface area contributed by atoms with Crippen LogP contribution in [0.25, 0.3) is 0 Å². The van der Waals surface area contributed by atoms with E-state index in [1.807, 2.05) is 37.3 Å². The van der Waals surface area contributed by atoms with Crippen LogP contribution in [-0.2, 0) is 13.2 Å². The molecule has 0 amide bonds. The Kier molecular flexibility index (Phi) is 4.33. The molecule has 1 heterocycles. The van der Waals surface area contributed by atoms with Gasteiger partial charge in [0.05, 0.1) is 6.61 Å². The van der Waals surface area contributed by atoms with Crippen molar-refractivity contribution in [3.63, 3.8) is 0 Å². The zero-order chi connectivity index (χ0) is 13.0. The van der Waals surface area contributed by atoms with E-state index in [4.69, 9.17) is 4.74 Å². The van der Waals surface area contributed by atoms with Crippen LogP contribution in [0, 0.1) is 6.92 Å². The molecule has 2 aromatic rings. The lowest BCUT2D eigenvalue weighted by atomic mass is 10.2. The molecule has 0 saturated carbocycles. The smallest absolute Gasteiger partial charge is 0.128 e. The van der Waals surface area contributed by atoms with E-state index in [1.54, 1.807) is 6.20 Å². The minimum atomic E-state index is -0.0665. The molecule has 0 unspecified atom stereocenters. The normalized spacial score (nSPS) is 10.4. The highest BCUT2D eigenvalue weighted by atomic mass is 79.9. The molecule has 0 spiro atoms. The predicted octanol–water partition coefficient (Wildman–Crippen LogP) is 3.22. The summed E-state index contributed by atoms with van der Waals surface area (Å²) >= 11 is 3.39. The average molecular weight is 308 g/mol. The van der Waals surface area contributed by atoms with Crippen molar-refractivity contribution in [2.24, 2.45) is 0 Å². The van der Waals surface area contributed by atoms with Gasteiger partial charge in [-0.15, -0.1) is 0 Å². The summed E-state index contributed by atoms with van der Waals surface area (Å²) in [7, 11) is 0. The standard InChI is InChI=1S/C14H14BrNO2/c1-10-6-14(12(8-17)7-16-10)18-9-11-2-4-13(15)5-3-11/h2-7,17H,8-9H2,1H3. The molecule has 0 fully saturated rings. The molecule has 0 aliphatic heterocycles. The Hall–Kier alpha value is -1.39. The highest BCUT2D eigenvalue weighted by molar-refractivity contribution is 9.10. The molecule has 0 saturated heterocycles. The van der Waals surface area contributed by atoms with Gasteiger partial charge in [-0.25, -0.2) is 0 Å². The van der Waals surface area contributed by atoms with Gasteiger partial charge in [0, 0.05) is 28.0 Å².